The normalized spacial score (nSPS) is 10.5. The van der Waals surface area contributed by atoms with Crippen molar-refractivity contribution >= 4 is 29.2 Å². The van der Waals surface area contributed by atoms with Crippen molar-refractivity contribution in [3.05, 3.63) is 70.7 Å². The number of anilines is 1. The van der Waals surface area contributed by atoms with Crippen molar-refractivity contribution in [3.63, 3.8) is 0 Å². The van der Waals surface area contributed by atoms with Crippen LogP contribution >= 0.6 is 11.6 Å². The van der Waals surface area contributed by atoms with E-state index < -0.39 is 5.97 Å². The van der Waals surface area contributed by atoms with Gasteiger partial charge in [0.05, 0.1) is 23.9 Å². The standard InChI is InChI=1S/C21H19ClN2O4/c1-13-14(21(26)27-2)7-5-9-17(13)24-19(25)10-11-20-23-12-18(28-20)15-6-3-4-8-16(15)22/h3-9,12H,10-11H2,1-2H3,(H,24,25). The maximum Gasteiger partial charge on any atom is 0.338 e. The third-order valence-electron chi connectivity index (χ3n) is 4.27. The van der Waals surface area contributed by atoms with Gasteiger partial charge in [-0.1, -0.05) is 29.8 Å². The summed E-state index contributed by atoms with van der Waals surface area (Å²) in [5.74, 6) is 0.357. The summed E-state index contributed by atoms with van der Waals surface area (Å²) in [6.45, 7) is 1.76. The molecule has 6 nitrogen and oxygen atoms in total. The molecule has 0 aliphatic carbocycles. The molecule has 3 aromatic rings. The first-order valence-corrected chi connectivity index (χ1v) is 9.04. The Balaban J connectivity index is 1.63. The molecule has 28 heavy (non-hydrogen) atoms. The maximum absolute atomic E-state index is 12.3. The lowest BCUT2D eigenvalue weighted by Gasteiger charge is -2.11. The molecule has 0 radical (unpaired) electrons. The second kappa shape index (κ2) is 8.71. The zero-order valence-electron chi connectivity index (χ0n) is 15.5. The van der Waals surface area contributed by atoms with Crippen LogP contribution in [0.2, 0.25) is 5.02 Å². The van der Waals surface area contributed by atoms with E-state index in [0.29, 0.717) is 39.9 Å². The average molecular weight is 399 g/mol. The summed E-state index contributed by atoms with van der Waals surface area (Å²) in [5, 5.41) is 3.38. The van der Waals surface area contributed by atoms with E-state index in [4.69, 9.17) is 20.8 Å². The van der Waals surface area contributed by atoms with Crippen LogP contribution in [-0.4, -0.2) is 24.0 Å². The van der Waals surface area contributed by atoms with Crippen molar-refractivity contribution in [2.45, 2.75) is 19.8 Å². The third-order valence-corrected chi connectivity index (χ3v) is 4.60. The van der Waals surface area contributed by atoms with E-state index in [1.54, 1.807) is 37.4 Å². The van der Waals surface area contributed by atoms with E-state index in [1.165, 1.54) is 7.11 Å². The molecule has 0 aliphatic rings. The number of carbonyl (C=O) groups is 2. The van der Waals surface area contributed by atoms with Crippen LogP contribution in [0.5, 0.6) is 0 Å². The first kappa shape index (κ1) is 19.6. The van der Waals surface area contributed by atoms with Crippen LogP contribution in [0, 0.1) is 6.92 Å². The lowest BCUT2D eigenvalue weighted by atomic mass is 10.1. The van der Waals surface area contributed by atoms with Gasteiger partial charge >= 0.3 is 5.97 Å². The van der Waals surface area contributed by atoms with Gasteiger partial charge in [-0.3, -0.25) is 4.79 Å². The molecule has 2 aromatic carbocycles. The van der Waals surface area contributed by atoms with Gasteiger partial charge in [-0.2, -0.15) is 0 Å². The maximum atomic E-state index is 12.3. The van der Waals surface area contributed by atoms with Crippen LogP contribution in [0.25, 0.3) is 11.3 Å². The minimum Gasteiger partial charge on any atom is -0.465 e. The lowest BCUT2D eigenvalue weighted by Crippen LogP contribution is -2.14. The summed E-state index contributed by atoms with van der Waals surface area (Å²) in [4.78, 5) is 28.3. The molecule has 0 fully saturated rings. The molecule has 7 heteroatoms. The predicted octanol–water partition coefficient (Wildman–Crippen LogP) is 4.66. The van der Waals surface area contributed by atoms with Gasteiger partial charge < -0.3 is 14.5 Å². The lowest BCUT2D eigenvalue weighted by molar-refractivity contribution is -0.116. The number of nitrogens with zero attached hydrogens (tertiary/aromatic N) is 1. The van der Waals surface area contributed by atoms with E-state index in [9.17, 15) is 9.59 Å². The van der Waals surface area contributed by atoms with E-state index >= 15 is 0 Å². The zero-order chi connectivity index (χ0) is 20.1. The van der Waals surface area contributed by atoms with E-state index in [2.05, 4.69) is 10.3 Å². The quantitative estimate of drug-likeness (QED) is 0.610. The van der Waals surface area contributed by atoms with Crippen molar-refractivity contribution in [3.8, 4) is 11.3 Å². The number of nitrogens with one attached hydrogen (secondary N) is 1. The van der Waals surface area contributed by atoms with Gasteiger partial charge in [-0.25, -0.2) is 9.78 Å². The van der Waals surface area contributed by atoms with Crippen LogP contribution in [-0.2, 0) is 16.0 Å². The largest absolute Gasteiger partial charge is 0.465 e. The summed E-state index contributed by atoms with van der Waals surface area (Å²) >= 11 is 6.16. The van der Waals surface area contributed by atoms with Gasteiger partial charge in [-0.05, 0) is 36.8 Å². The van der Waals surface area contributed by atoms with Crippen LogP contribution in [0.3, 0.4) is 0 Å². The van der Waals surface area contributed by atoms with E-state index in [1.807, 2.05) is 18.2 Å². The first-order valence-electron chi connectivity index (χ1n) is 8.67. The predicted molar refractivity (Wildman–Crippen MR) is 106 cm³/mol. The number of halogens is 1. The molecule has 0 spiro atoms. The van der Waals surface area contributed by atoms with Gasteiger partial charge in [-0.15, -0.1) is 0 Å². The van der Waals surface area contributed by atoms with Crippen LogP contribution in [0.15, 0.2) is 53.1 Å². The molecular weight excluding hydrogens is 380 g/mol. The fourth-order valence-electron chi connectivity index (χ4n) is 2.75. The number of esters is 1. The van der Waals surface area contributed by atoms with Crippen molar-refractivity contribution in [2.75, 3.05) is 12.4 Å². The number of hydrogen-bond acceptors (Lipinski definition) is 5. The Bertz CT molecular complexity index is 1010. The molecular formula is C21H19ClN2O4. The molecule has 0 saturated carbocycles. The number of rotatable bonds is 6. The van der Waals surface area contributed by atoms with Crippen molar-refractivity contribution in [2.24, 2.45) is 0 Å². The molecule has 1 amide bonds. The SMILES string of the molecule is COC(=O)c1cccc(NC(=O)CCc2ncc(-c3ccccc3Cl)o2)c1C. The highest BCUT2D eigenvalue weighted by Gasteiger charge is 2.15. The first-order chi connectivity index (χ1) is 13.5. The van der Waals surface area contributed by atoms with Gasteiger partial charge in [0.25, 0.3) is 0 Å². The minimum atomic E-state index is -0.444. The topological polar surface area (TPSA) is 81.4 Å². The molecule has 1 aromatic heterocycles. The second-order valence-electron chi connectivity index (χ2n) is 6.12. The Morgan fingerprint density at radius 1 is 1.18 bits per heavy atom. The van der Waals surface area contributed by atoms with Crippen molar-refractivity contribution in [1.82, 2.24) is 4.98 Å². The van der Waals surface area contributed by atoms with E-state index in [-0.39, 0.29) is 12.3 Å². The smallest absolute Gasteiger partial charge is 0.338 e. The number of aryl methyl sites for hydroxylation is 1. The number of oxazole rings is 1. The number of carbonyl (C=O) groups excluding carboxylic acids is 2. The number of hydrogen-bond donors (Lipinski definition) is 1. The number of amides is 1. The number of ether oxygens (including phenoxy) is 1. The highest BCUT2D eigenvalue weighted by molar-refractivity contribution is 6.33. The number of aromatic nitrogens is 1. The van der Waals surface area contributed by atoms with Crippen LogP contribution in [0.4, 0.5) is 5.69 Å². The summed E-state index contributed by atoms with van der Waals surface area (Å²) in [6.07, 6.45) is 2.12. The molecule has 1 heterocycles. The molecule has 1 N–H and O–H groups in total. The fourth-order valence-corrected chi connectivity index (χ4v) is 2.98. The Labute approximate surface area is 167 Å². The van der Waals surface area contributed by atoms with Crippen LogP contribution < -0.4 is 5.32 Å². The summed E-state index contributed by atoms with van der Waals surface area (Å²) in [7, 11) is 1.32. The zero-order valence-corrected chi connectivity index (χ0v) is 16.2. The molecule has 0 aliphatic heterocycles. The molecule has 3 rings (SSSR count). The molecule has 144 valence electrons. The van der Waals surface area contributed by atoms with E-state index in [0.717, 1.165) is 5.56 Å². The molecule has 0 atom stereocenters. The summed E-state index contributed by atoms with van der Waals surface area (Å²) in [6, 6.07) is 12.4. The Morgan fingerprint density at radius 2 is 1.96 bits per heavy atom. The molecule has 0 unspecified atom stereocenters. The summed E-state index contributed by atoms with van der Waals surface area (Å²) in [5.41, 5.74) is 2.39. The third kappa shape index (κ3) is 4.40. The Kier molecular flexibility index (Phi) is 6.11. The van der Waals surface area contributed by atoms with Gasteiger partial charge in [0, 0.05) is 24.1 Å². The highest BCUT2D eigenvalue weighted by Crippen LogP contribution is 2.28. The van der Waals surface area contributed by atoms with Crippen LogP contribution in [0.1, 0.15) is 28.2 Å². The number of methoxy groups -OCH3 is 1. The average Bonchev–Trinajstić information content (AvgIpc) is 3.16. The molecule has 0 bridgehead atoms. The minimum absolute atomic E-state index is 0.185. The Hall–Kier alpha value is -3.12. The number of benzene rings is 2. The van der Waals surface area contributed by atoms with Crippen molar-refractivity contribution < 1.29 is 18.7 Å². The Morgan fingerprint density at radius 3 is 2.71 bits per heavy atom. The molecule has 0 saturated heterocycles. The van der Waals surface area contributed by atoms with Gasteiger partial charge in [0.1, 0.15) is 0 Å². The summed E-state index contributed by atoms with van der Waals surface area (Å²) < 4.78 is 10.5. The fraction of sp³-hybridized carbons (Fsp3) is 0.190. The van der Waals surface area contributed by atoms with Gasteiger partial charge in [0.2, 0.25) is 5.91 Å². The monoisotopic (exact) mass is 398 g/mol. The second-order valence-corrected chi connectivity index (χ2v) is 6.52. The van der Waals surface area contributed by atoms with Crippen molar-refractivity contribution in [1.29, 1.82) is 0 Å². The van der Waals surface area contributed by atoms with Gasteiger partial charge in [0.15, 0.2) is 11.7 Å². The highest BCUT2D eigenvalue weighted by atomic mass is 35.5.